The molecule has 2 aromatic rings. The van der Waals surface area contributed by atoms with Crippen LogP contribution in [0.5, 0.6) is 0 Å². The van der Waals surface area contributed by atoms with Gasteiger partial charge < -0.3 is 9.88 Å². The molecule has 15 heavy (non-hydrogen) atoms. The average molecular weight is 203 g/mol. The Morgan fingerprint density at radius 1 is 1.33 bits per heavy atom. The van der Waals surface area contributed by atoms with Gasteiger partial charge in [-0.05, 0) is 18.1 Å². The Bertz CT molecular complexity index is 457. The Morgan fingerprint density at radius 2 is 2.07 bits per heavy atom. The SMILES string of the molecule is CC(C)CNc1nc2ccccc2n1C. The summed E-state index contributed by atoms with van der Waals surface area (Å²) in [6, 6.07) is 8.18. The van der Waals surface area contributed by atoms with Crippen molar-refractivity contribution in [3.8, 4) is 0 Å². The molecule has 0 saturated carbocycles. The van der Waals surface area contributed by atoms with E-state index in [1.165, 1.54) is 5.52 Å². The quantitative estimate of drug-likeness (QED) is 0.831. The van der Waals surface area contributed by atoms with Gasteiger partial charge in [0.05, 0.1) is 11.0 Å². The zero-order valence-electron chi connectivity index (χ0n) is 9.49. The largest absolute Gasteiger partial charge is 0.355 e. The van der Waals surface area contributed by atoms with Crippen LogP contribution in [0.2, 0.25) is 0 Å². The van der Waals surface area contributed by atoms with Crippen molar-refractivity contribution in [2.24, 2.45) is 13.0 Å². The minimum Gasteiger partial charge on any atom is -0.355 e. The predicted molar refractivity (Wildman–Crippen MR) is 64.0 cm³/mol. The number of hydrogen-bond acceptors (Lipinski definition) is 2. The minimum absolute atomic E-state index is 0.629. The molecular formula is C12H17N3. The molecule has 2 rings (SSSR count). The molecule has 3 nitrogen and oxygen atoms in total. The van der Waals surface area contributed by atoms with Crippen LogP contribution in [-0.2, 0) is 7.05 Å². The third-order valence-corrected chi connectivity index (χ3v) is 2.46. The molecule has 1 N–H and O–H groups in total. The van der Waals surface area contributed by atoms with E-state index in [9.17, 15) is 0 Å². The van der Waals surface area contributed by atoms with Gasteiger partial charge in [-0.1, -0.05) is 26.0 Å². The lowest BCUT2D eigenvalue weighted by molar-refractivity contribution is 0.681. The highest BCUT2D eigenvalue weighted by Gasteiger charge is 2.06. The molecule has 0 spiro atoms. The average Bonchev–Trinajstić information content (AvgIpc) is 2.54. The molecule has 1 heterocycles. The van der Waals surface area contributed by atoms with Crippen LogP contribution >= 0.6 is 0 Å². The van der Waals surface area contributed by atoms with Crippen molar-refractivity contribution < 1.29 is 0 Å². The first-order valence-corrected chi connectivity index (χ1v) is 5.34. The lowest BCUT2D eigenvalue weighted by Crippen LogP contribution is -2.11. The Balaban J connectivity index is 2.32. The first-order valence-electron chi connectivity index (χ1n) is 5.34. The van der Waals surface area contributed by atoms with Gasteiger partial charge in [-0.3, -0.25) is 0 Å². The number of benzene rings is 1. The van der Waals surface area contributed by atoms with Crippen molar-refractivity contribution in [3.05, 3.63) is 24.3 Å². The van der Waals surface area contributed by atoms with E-state index in [0.29, 0.717) is 5.92 Å². The van der Waals surface area contributed by atoms with Crippen LogP contribution in [-0.4, -0.2) is 16.1 Å². The summed E-state index contributed by atoms with van der Waals surface area (Å²) in [5.74, 6) is 1.58. The molecule has 0 aliphatic rings. The fourth-order valence-electron chi connectivity index (χ4n) is 1.60. The van der Waals surface area contributed by atoms with Gasteiger partial charge in [0.2, 0.25) is 5.95 Å². The standard InChI is InChI=1S/C12H17N3/c1-9(2)8-13-12-14-10-6-4-5-7-11(10)15(12)3/h4-7,9H,8H2,1-3H3,(H,13,14). The van der Waals surface area contributed by atoms with Crippen molar-refractivity contribution >= 4 is 17.0 Å². The van der Waals surface area contributed by atoms with Gasteiger partial charge in [0.15, 0.2) is 0 Å². The van der Waals surface area contributed by atoms with E-state index in [2.05, 4.69) is 34.8 Å². The fourth-order valence-corrected chi connectivity index (χ4v) is 1.60. The number of aryl methyl sites for hydroxylation is 1. The topological polar surface area (TPSA) is 29.9 Å². The molecule has 0 atom stereocenters. The van der Waals surface area contributed by atoms with Crippen LogP contribution in [0.4, 0.5) is 5.95 Å². The van der Waals surface area contributed by atoms with Crippen LogP contribution in [0.1, 0.15) is 13.8 Å². The molecule has 0 amide bonds. The second-order valence-electron chi connectivity index (χ2n) is 4.26. The fraction of sp³-hybridized carbons (Fsp3) is 0.417. The summed E-state index contributed by atoms with van der Waals surface area (Å²) in [7, 11) is 2.04. The molecule has 1 aromatic carbocycles. The number of anilines is 1. The summed E-state index contributed by atoms with van der Waals surface area (Å²) >= 11 is 0. The molecule has 1 aromatic heterocycles. The first-order chi connectivity index (χ1) is 7.18. The number of aromatic nitrogens is 2. The third kappa shape index (κ3) is 1.96. The molecule has 0 saturated heterocycles. The highest BCUT2D eigenvalue weighted by molar-refractivity contribution is 5.78. The van der Waals surface area contributed by atoms with Crippen molar-refractivity contribution in [1.82, 2.24) is 9.55 Å². The smallest absolute Gasteiger partial charge is 0.203 e. The maximum Gasteiger partial charge on any atom is 0.203 e. The predicted octanol–water partition coefficient (Wildman–Crippen LogP) is 2.64. The number of nitrogens with one attached hydrogen (secondary N) is 1. The van der Waals surface area contributed by atoms with Crippen LogP contribution in [0, 0.1) is 5.92 Å². The van der Waals surface area contributed by atoms with Crippen molar-refractivity contribution in [1.29, 1.82) is 0 Å². The van der Waals surface area contributed by atoms with Gasteiger partial charge >= 0.3 is 0 Å². The Morgan fingerprint density at radius 3 is 2.73 bits per heavy atom. The second kappa shape index (κ2) is 3.93. The molecule has 3 heteroatoms. The van der Waals surface area contributed by atoms with Crippen LogP contribution < -0.4 is 5.32 Å². The van der Waals surface area contributed by atoms with E-state index in [-0.39, 0.29) is 0 Å². The monoisotopic (exact) mass is 203 g/mol. The molecule has 0 radical (unpaired) electrons. The van der Waals surface area contributed by atoms with Crippen LogP contribution in [0.15, 0.2) is 24.3 Å². The first kappa shape index (κ1) is 10.0. The number of hydrogen-bond donors (Lipinski definition) is 1. The number of para-hydroxylation sites is 2. The molecular weight excluding hydrogens is 186 g/mol. The van der Waals surface area contributed by atoms with E-state index < -0.39 is 0 Å². The minimum atomic E-state index is 0.629. The second-order valence-corrected chi connectivity index (χ2v) is 4.26. The maximum atomic E-state index is 4.54. The summed E-state index contributed by atoms with van der Waals surface area (Å²) in [5.41, 5.74) is 2.22. The Hall–Kier alpha value is -1.51. The molecule has 0 aliphatic carbocycles. The van der Waals surface area contributed by atoms with E-state index in [1.807, 2.05) is 25.2 Å². The molecule has 80 valence electrons. The van der Waals surface area contributed by atoms with Gasteiger partial charge in [0, 0.05) is 13.6 Å². The van der Waals surface area contributed by atoms with Crippen molar-refractivity contribution in [3.63, 3.8) is 0 Å². The maximum absolute atomic E-state index is 4.54. The van der Waals surface area contributed by atoms with E-state index in [4.69, 9.17) is 0 Å². The number of rotatable bonds is 3. The van der Waals surface area contributed by atoms with Crippen molar-refractivity contribution in [2.45, 2.75) is 13.8 Å². The van der Waals surface area contributed by atoms with Crippen LogP contribution in [0.25, 0.3) is 11.0 Å². The Labute approximate surface area is 90.1 Å². The highest BCUT2D eigenvalue weighted by atomic mass is 15.2. The molecule has 0 aliphatic heterocycles. The summed E-state index contributed by atoms with van der Waals surface area (Å²) in [4.78, 5) is 4.54. The summed E-state index contributed by atoms with van der Waals surface area (Å²) in [5, 5.41) is 3.35. The van der Waals surface area contributed by atoms with E-state index >= 15 is 0 Å². The van der Waals surface area contributed by atoms with Gasteiger partial charge in [-0.15, -0.1) is 0 Å². The number of fused-ring (bicyclic) bond motifs is 1. The highest BCUT2D eigenvalue weighted by Crippen LogP contribution is 2.17. The lowest BCUT2D eigenvalue weighted by atomic mass is 10.2. The van der Waals surface area contributed by atoms with E-state index in [0.717, 1.165) is 18.0 Å². The summed E-state index contributed by atoms with van der Waals surface area (Å²) < 4.78 is 2.09. The Kier molecular flexibility index (Phi) is 2.62. The molecule has 0 fully saturated rings. The van der Waals surface area contributed by atoms with Crippen LogP contribution in [0.3, 0.4) is 0 Å². The van der Waals surface area contributed by atoms with Gasteiger partial charge in [-0.25, -0.2) is 4.98 Å². The molecule has 0 bridgehead atoms. The molecule has 0 unspecified atom stereocenters. The van der Waals surface area contributed by atoms with Gasteiger partial charge in [-0.2, -0.15) is 0 Å². The third-order valence-electron chi connectivity index (χ3n) is 2.46. The zero-order chi connectivity index (χ0) is 10.8. The van der Waals surface area contributed by atoms with Crippen molar-refractivity contribution in [2.75, 3.05) is 11.9 Å². The number of imidazole rings is 1. The number of nitrogens with zero attached hydrogens (tertiary/aromatic N) is 2. The summed E-state index contributed by atoms with van der Waals surface area (Å²) in [6.07, 6.45) is 0. The van der Waals surface area contributed by atoms with Gasteiger partial charge in [0.1, 0.15) is 0 Å². The lowest BCUT2D eigenvalue weighted by Gasteiger charge is -2.07. The zero-order valence-corrected chi connectivity index (χ0v) is 9.49. The summed E-state index contributed by atoms with van der Waals surface area (Å²) in [6.45, 7) is 5.34. The normalized spacial score (nSPS) is 11.2. The van der Waals surface area contributed by atoms with Gasteiger partial charge in [0.25, 0.3) is 0 Å². The van der Waals surface area contributed by atoms with E-state index in [1.54, 1.807) is 0 Å².